The smallest absolute Gasteiger partial charge is 0.0575 e. The molecule has 1 N–H and O–H groups in total. The van der Waals surface area contributed by atoms with Crippen molar-refractivity contribution in [2.75, 3.05) is 13.2 Å². The van der Waals surface area contributed by atoms with Crippen LogP contribution in [0.25, 0.3) is 0 Å². The summed E-state index contributed by atoms with van der Waals surface area (Å²) >= 11 is 0. The van der Waals surface area contributed by atoms with E-state index in [0.717, 1.165) is 19.4 Å². The van der Waals surface area contributed by atoms with Crippen molar-refractivity contribution in [3.63, 3.8) is 0 Å². The fourth-order valence-electron chi connectivity index (χ4n) is 1.55. The largest absolute Gasteiger partial charge is 0.396 e. The molecular weight excluding hydrogens is 140 g/mol. The van der Waals surface area contributed by atoms with Crippen LogP contribution >= 0.6 is 0 Å². The summed E-state index contributed by atoms with van der Waals surface area (Å²) in [4.78, 5) is 0. The average molecular weight is 158 g/mol. The minimum Gasteiger partial charge on any atom is -0.396 e. The lowest BCUT2D eigenvalue weighted by Crippen LogP contribution is -2.27. The van der Waals surface area contributed by atoms with Crippen LogP contribution in [-0.4, -0.2) is 24.4 Å². The quantitative estimate of drug-likeness (QED) is 0.675. The van der Waals surface area contributed by atoms with Crippen LogP contribution in [0.3, 0.4) is 0 Å². The first-order chi connectivity index (χ1) is 5.36. The Morgan fingerprint density at radius 2 is 2.27 bits per heavy atom. The number of rotatable bonds is 3. The Bertz CT molecular complexity index is 95.7. The minimum atomic E-state index is 0.291. The van der Waals surface area contributed by atoms with Gasteiger partial charge in [0.15, 0.2) is 0 Å². The van der Waals surface area contributed by atoms with Gasteiger partial charge in [0.05, 0.1) is 12.7 Å². The first kappa shape index (κ1) is 9.01. The van der Waals surface area contributed by atoms with Gasteiger partial charge in [0, 0.05) is 12.5 Å². The summed E-state index contributed by atoms with van der Waals surface area (Å²) in [5.41, 5.74) is 0. The molecule has 1 fully saturated rings. The van der Waals surface area contributed by atoms with Crippen LogP contribution in [-0.2, 0) is 4.74 Å². The zero-order valence-corrected chi connectivity index (χ0v) is 7.25. The minimum absolute atomic E-state index is 0.291. The van der Waals surface area contributed by atoms with Gasteiger partial charge in [-0.15, -0.1) is 0 Å². The maximum atomic E-state index is 8.83. The van der Waals surface area contributed by atoms with Crippen molar-refractivity contribution in [3.8, 4) is 0 Å². The first-order valence-electron chi connectivity index (χ1n) is 4.59. The van der Waals surface area contributed by atoms with Crippen LogP contribution in [0.15, 0.2) is 0 Å². The van der Waals surface area contributed by atoms with Gasteiger partial charge in [-0.2, -0.15) is 0 Å². The van der Waals surface area contributed by atoms with Gasteiger partial charge in [0.1, 0.15) is 0 Å². The Hall–Kier alpha value is -0.0800. The van der Waals surface area contributed by atoms with Gasteiger partial charge < -0.3 is 9.84 Å². The topological polar surface area (TPSA) is 29.5 Å². The molecule has 1 heterocycles. The summed E-state index contributed by atoms with van der Waals surface area (Å²) in [5.74, 6) is 0.406. The highest BCUT2D eigenvalue weighted by Gasteiger charge is 2.19. The Morgan fingerprint density at radius 3 is 2.73 bits per heavy atom. The van der Waals surface area contributed by atoms with E-state index in [1.807, 2.05) is 0 Å². The van der Waals surface area contributed by atoms with Crippen LogP contribution in [0.4, 0.5) is 0 Å². The predicted molar refractivity (Wildman–Crippen MR) is 44.5 cm³/mol. The van der Waals surface area contributed by atoms with E-state index in [-0.39, 0.29) is 0 Å². The molecule has 11 heavy (non-hydrogen) atoms. The summed E-state index contributed by atoms with van der Waals surface area (Å²) in [6.45, 7) is 3.24. The average Bonchev–Trinajstić information content (AvgIpc) is 2.07. The Kier molecular flexibility index (Phi) is 3.87. The number of hydrogen-bond acceptors (Lipinski definition) is 2. The lowest BCUT2D eigenvalue weighted by atomic mass is 9.97. The van der Waals surface area contributed by atoms with Crippen molar-refractivity contribution >= 4 is 0 Å². The normalized spacial score (nSPS) is 32.2. The van der Waals surface area contributed by atoms with Crippen molar-refractivity contribution in [2.45, 2.75) is 38.7 Å². The third-order valence-corrected chi connectivity index (χ3v) is 2.33. The number of aliphatic hydroxyl groups is 1. The Labute approximate surface area is 68.6 Å². The molecule has 0 aromatic carbocycles. The lowest BCUT2D eigenvalue weighted by Gasteiger charge is -2.27. The molecule has 0 aromatic rings. The van der Waals surface area contributed by atoms with E-state index in [9.17, 15) is 0 Å². The monoisotopic (exact) mass is 158 g/mol. The first-order valence-corrected chi connectivity index (χ1v) is 4.59. The molecule has 0 aromatic heterocycles. The van der Waals surface area contributed by atoms with Crippen LogP contribution in [0.1, 0.15) is 32.6 Å². The van der Waals surface area contributed by atoms with Gasteiger partial charge in [-0.3, -0.25) is 0 Å². The van der Waals surface area contributed by atoms with Gasteiger partial charge >= 0.3 is 0 Å². The second-order valence-electron chi connectivity index (χ2n) is 3.37. The molecule has 2 heteroatoms. The maximum Gasteiger partial charge on any atom is 0.0575 e. The molecule has 0 spiro atoms. The molecular formula is C9H18O2. The molecule has 0 saturated carbocycles. The van der Waals surface area contributed by atoms with E-state index in [2.05, 4.69) is 6.92 Å². The SMILES string of the molecule is CCCC1CCC(CO)CO1. The fourth-order valence-corrected chi connectivity index (χ4v) is 1.55. The Balaban J connectivity index is 2.14. The summed E-state index contributed by atoms with van der Waals surface area (Å²) in [5, 5.41) is 8.83. The zero-order valence-electron chi connectivity index (χ0n) is 7.25. The summed E-state index contributed by atoms with van der Waals surface area (Å²) in [6, 6.07) is 0. The lowest BCUT2D eigenvalue weighted by molar-refractivity contribution is -0.0334. The van der Waals surface area contributed by atoms with Crippen LogP contribution < -0.4 is 0 Å². The van der Waals surface area contributed by atoms with E-state index in [1.54, 1.807) is 0 Å². The van der Waals surface area contributed by atoms with Crippen LogP contribution in [0.5, 0.6) is 0 Å². The molecule has 1 aliphatic rings. The van der Waals surface area contributed by atoms with E-state index in [4.69, 9.17) is 9.84 Å². The van der Waals surface area contributed by atoms with Gasteiger partial charge in [0.25, 0.3) is 0 Å². The third kappa shape index (κ3) is 2.80. The van der Waals surface area contributed by atoms with E-state index in [1.165, 1.54) is 12.8 Å². The molecule has 1 rings (SSSR count). The molecule has 1 aliphatic heterocycles. The Morgan fingerprint density at radius 1 is 1.45 bits per heavy atom. The van der Waals surface area contributed by atoms with Gasteiger partial charge in [-0.25, -0.2) is 0 Å². The molecule has 0 aliphatic carbocycles. The number of aliphatic hydroxyl groups excluding tert-OH is 1. The molecule has 0 radical (unpaired) electrons. The standard InChI is InChI=1S/C9H18O2/c1-2-3-9-5-4-8(6-10)7-11-9/h8-10H,2-7H2,1H3. The molecule has 1 saturated heterocycles. The summed E-state index contributed by atoms with van der Waals surface area (Å²) in [6.07, 6.45) is 5.13. The van der Waals surface area contributed by atoms with Crippen molar-refractivity contribution < 1.29 is 9.84 Å². The van der Waals surface area contributed by atoms with E-state index in [0.29, 0.717) is 18.6 Å². The predicted octanol–water partition coefficient (Wildman–Crippen LogP) is 1.57. The van der Waals surface area contributed by atoms with Crippen LogP contribution in [0.2, 0.25) is 0 Å². The molecule has 2 nitrogen and oxygen atoms in total. The third-order valence-electron chi connectivity index (χ3n) is 2.33. The highest BCUT2D eigenvalue weighted by atomic mass is 16.5. The molecule has 2 atom stereocenters. The zero-order chi connectivity index (χ0) is 8.10. The number of ether oxygens (including phenoxy) is 1. The van der Waals surface area contributed by atoms with Crippen molar-refractivity contribution in [1.29, 1.82) is 0 Å². The van der Waals surface area contributed by atoms with E-state index >= 15 is 0 Å². The second-order valence-corrected chi connectivity index (χ2v) is 3.37. The van der Waals surface area contributed by atoms with Gasteiger partial charge in [-0.1, -0.05) is 13.3 Å². The summed E-state index contributed by atoms with van der Waals surface area (Å²) < 4.78 is 5.56. The molecule has 0 bridgehead atoms. The van der Waals surface area contributed by atoms with Crippen molar-refractivity contribution in [2.24, 2.45) is 5.92 Å². The maximum absolute atomic E-state index is 8.83. The highest BCUT2D eigenvalue weighted by Crippen LogP contribution is 2.20. The fraction of sp³-hybridized carbons (Fsp3) is 1.00. The van der Waals surface area contributed by atoms with Crippen molar-refractivity contribution in [1.82, 2.24) is 0 Å². The number of hydrogen-bond donors (Lipinski definition) is 1. The second kappa shape index (κ2) is 4.73. The molecule has 0 amide bonds. The van der Waals surface area contributed by atoms with Crippen molar-refractivity contribution in [3.05, 3.63) is 0 Å². The highest BCUT2D eigenvalue weighted by molar-refractivity contribution is 4.69. The summed E-state index contributed by atoms with van der Waals surface area (Å²) in [7, 11) is 0. The molecule has 2 unspecified atom stereocenters. The van der Waals surface area contributed by atoms with Crippen LogP contribution in [0, 0.1) is 5.92 Å². The van der Waals surface area contributed by atoms with Gasteiger partial charge in [-0.05, 0) is 19.3 Å². The molecule has 66 valence electrons. The van der Waals surface area contributed by atoms with Gasteiger partial charge in [0.2, 0.25) is 0 Å². The van der Waals surface area contributed by atoms with E-state index < -0.39 is 0 Å².